The van der Waals surface area contributed by atoms with Crippen LogP contribution >= 0.6 is 0 Å². The van der Waals surface area contributed by atoms with E-state index in [2.05, 4.69) is 5.32 Å². The molecule has 0 bridgehead atoms. The first-order chi connectivity index (χ1) is 27.8. The number of hydrogen-bond acceptors (Lipinski definition) is 5. The van der Waals surface area contributed by atoms with E-state index in [1.165, 1.54) is 47.4 Å². The molecule has 324 valence electrons. The molecule has 19 heteroatoms. The van der Waals surface area contributed by atoms with Crippen molar-refractivity contribution in [2.75, 3.05) is 32.1 Å². The molecule has 4 aromatic carbocycles. The maximum atomic E-state index is 13.9. The molecule has 7 nitrogen and oxygen atoms in total. The number of ether oxygens (including phenoxy) is 1. The Morgan fingerprint density at radius 3 is 1.95 bits per heavy atom. The number of nitrogens with one attached hydrogen (secondary N) is 1. The van der Waals surface area contributed by atoms with Crippen molar-refractivity contribution in [3.8, 4) is 16.9 Å². The Labute approximate surface area is 335 Å². The van der Waals surface area contributed by atoms with Crippen LogP contribution in [0.15, 0.2) is 78.9 Å². The third-order valence-electron chi connectivity index (χ3n) is 9.84. The number of nitrogens with zero attached hydrogens (tertiary/aromatic N) is 2. The minimum Gasteiger partial charge on any atom is -0.486 e. The molecule has 0 saturated carbocycles. The van der Waals surface area contributed by atoms with Crippen LogP contribution in [0.2, 0.25) is 0 Å². The molecule has 0 radical (unpaired) electrons. The second-order valence-electron chi connectivity index (χ2n) is 14.6. The zero-order valence-electron chi connectivity index (χ0n) is 31.9. The first-order valence-corrected chi connectivity index (χ1v) is 18.1. The monoisotopic (exact) mass is 863 g/mol. The number of aliphatic hydroxyl groups excluding tert-OH is 1. The number of aliphatic hydroxyl groups is 1. The normalized spacial score (nSPS) is 17.1. The van der Waals surface area contributed by atoms with Gasteiger partial charge in [0.15, 0.2) is 5.75 Å². The van der Waals surface area contributed by atoms with E-state index in [0.717, 1.165) is 6.07 Å². The molecule has 0 aromatic heterocycles. The number of likely N-dealkylation sites (N-methyl/N-ethyl adjacent to an activating group) is 1. The van der Waals surface area contributed by atoms with Gasteiger partial charge in [-0.2, -0.15) is 52.7 Å². The van der Waals surface area contributed by atoms with E-state index < -0.39 is 101 Å². The summed E-state index contributed by atoms with van der Waals surface area (Å²) in [6, 6.07) is 11.2. The van der Waals surface area contributed by atoms with Gasteiger partial charge in [-0.25, -0.2) is 0 Å². The maximum absolute atomic E-state index is 13.9. The molecule has 1 unspecified atom stereocenters. The summed E-state index contributed by atoms with van der Waals surface area (Å²) in [4.78, 5) is 30.3. The molecule has 60 heavy (non-hydrogen) atoms. The summed E-state index contributed by atoms with van der Waals surface area (Å²) in [5.41, 5.74) is -6.75. The van der Waals surface area contributed by atoms with Gasteiger partial charge >= 0.3 is 24.7 Å². The number of benzene rings is 4. The van der Waals surface area contributed by atoms with Gasteiger partial charge in [0, 0.05) is 25.6 Å². The Balaban J connectivity index is 1.40. The largest absolute Gasteiger partial charge is 0.486 e. The van der Waals surface area contributed by atoms with Gasteiger partial charge in [-0.05, 0) is 78.7 Å². The third kappa shape index (κ3) is 10.9. The lowest BCUT2D eigenvalue weighted by Gasteiger charge is -2.38. The van der Waals surface area contributed by atoms with Crippen molar-refractivity contribution in [2.45, 2.75) is 63.7 Å². The SMILES string of the molecule is CC(CO)N1C[C@@H](C)[C@@H](CN(C)Cc2ccc(-c3ccc(C(F)(F)F)cc3C(F)(F)F)cc2)Oc2c(NC(=O)Cc3cc(C(F)(F)F)cc(C(F)(F)F)c3)cccc2C1=O. The molecule has 2 amide bonds. The van der Waals surface area contributed by atoms with E-state index in [9.17, 15) is 67.4 Å². The van der Waals surface area contributed by atoms with Gasteiger partial charge in [0.2, 0.25) is 5.91 Å². The second-order valence-corrected chi connectivity index (χ2v) is 14.6. The topological polar surface area (TPSA) is 82.1 Å². The number of anilines is 1. The highest BCUT2D eigenvalue weighted by molar-refractivity contribution is 6.02. The molecule has 4 aromatic rings. The lowest BCUT2D eigenvalue weighted by atomic mass is 9.96. The summed E-state index contributed by atoms with van der Waals surface area (Å²) >= 11 is 0. The second kappa shape index (κ2) is 17.4. The van der Waals surface area contributed by atoms with Gasteiger partial charge in [0.1, 0.15) is 6.10 Å². The molecule has 2 N–H and O–H groups in total. The summed E-state index contributed by atoms with van der Waals surface area (Å²) in [6.07, 6.45) is -22.1. The zero-order chi connectivity index (χ0) is 44.5. The van der Waals surface area contributed by atoms with Gasteiger partial charge in [0.25, 0.3) is 5.91 Å². The Hall–Kier alpha value is -5.30. The number of rotatable bonds is 10. The van der Waals surface area contributed by atoms with E-state index in [0.29, 0.717) is 23.8 Å². The van der Waals surface area contributed by atoms with Gasteiger partial charge in [-0.3, -0.25) is 14.5 Å². The van der Waals surface area contributed by atoms with Crippen molar-refractivity contribution >= 4 is 17.5 Å². The molecular weight excluding hydrogens is 826 g/mol. The fourth-order valence-electron chi connectivity index (χ4n) is 6.74. The van der Waals surface area contributed by atoms with E-state index in [1.807, 2.05) is 0 Å². The third-order valence-corrected chi connectivity index (χ3v) is 9.84. The average molecular weight is 864 g/mol. The smallest absolute Gasteiger partial charge is 0.417 e. The molecule has 1 aliphatic rings. The van der Waals surface area contributed by atoms with Crippen LogP contribution in [0.3, 0.4) is 0 Å². The molecule has 0 saturated heterocycles. The van der Waals surface area contributed by atoms with Crippen LogP contribution in [-0.2, 0) is 42.5 Å². The number of carbonyl (C=O) groups excluding carboxylic acids is 2. The maximum Gasteiger partial charge on any atom is 0.417 e. The standard InChI is InChI=1S/C41H37F12N3O4/c1-22-18-56(23(2)21-57)37(59)31-5-4-6-33(54-35(58)15-25-13-28(39(45,46)47)16-29(14-25)40(48,49)50)36(31)60-34(22)20-55(3)19-24-7-9-26(10-8-24)30-12-11-27(38(42,43)44)17-32(30)41(51,52)53/h4-14,16-17,22-23,34,57H,15,18-21H2,1-3H3,(H,54,58)/t22-,23?,34-/m1/s1. The fourth-order valence-corrected chi connectivity index (χ4v) is 6.74. The van der Waals surface area contributed by atoms with Crippen molar-refractivity contribution in [1.29, 1.82) is 0 Å². The molecule has 0 fully saturated rings. The predicted octanol–water partition coefficient (Wildman–Crippen LogP) is 9.96. The zero-order valence-corrected chi connectivity index (χ0v) is 31.9. The number of alkyl halides is 12. The van der Waals surface area contributed by atoms with E-state index in [-0.39, 0.29) is 54.3 Å². The van der Waals surface area contributed by atoms with Gasteiger partial charge in [-0.1, -0.05) is 43.3 Å². The Morgan fingerprint density at radius 1 is 0.800 bits per heavy atom. The molecule has 1 aliphatic heterocycles. The van der Waals surface area contributed by atoms with Gasteiger partial charge in [0.05, 0.1) is 52.6 Å². The lowest BCUT2D eigenvalue weighted by molar-refractivity contribution is -0.144. The van der Waals surface area contributed by atoms with Crippen molar-refractivity contribution in [2.24, 2.45) is 5.92 Å². The highest BCUT2D eigenvalue weighted by Gasteiger charge is 2.40. The Bertz CT molecular complexity index is 2150. The molecule has 0 aliphatic carbocycles. The lowest BCUT2D eigenvalue weighted by Crippen LogP contribution is -2.49. The van der Waals surface area contributed by atoms with Crippen molar-refractivity contribution in [1.82, 2.24) is 9.80 Å². The highest BCUT2D eigenvalue weighted by Crippen LogP contribution is 2.42. The molecule has 0 spiro atoms. The number of hydrogen-bond donors (Lipinski definition) is 2. The molecule has 3 atom stereocenters. The first kappa shape index (κ1) is 45.8. The number of fused-ring (bicyclic) bond motifs is 1. The van der Waals surface area contributed by atoms with Crippen LogP contribution < -0.4 is 10.1 Å². The highest BCUT2D eigenvalue weighted by atomic mass is 19.4. The van der Waals surface area contributed by atoms with E-state index >= 15 is 0 Å². The summed E-state index contributed by atoms with van der Waals surface area (Å²) < 4.78 is 168. The summed E-state index contributed by atoms with van der Waals surface area (Å²) in [6.45, 7) is 3.27. The van der Waals surface area contributed by atoms with Gasteiger partial charge in [-0.15, -0.1) is 0 Å². The van der Waals surface area contributed by atoms with Crippen molar-refractivity contribution in [3.63, 3.8) is 0 Å². The van der Waals surface area contributed by atoms with Crippen LogP contribution in [0.25, 0.3) is 11.1 Å². The minimum atomic E-state index is -5.15. The summed E-state index contributed by atoms with van der Waals surface area (Å²) in [5.74, 6) is -2.26. The van der Waals surface area contributed by atoms with Crippen LogP contribution in [0.1, 0.15) is 57.6 Å². The van der Waals surface area contributed by atoms with Gasteiger partial charge < -0.3 is 20.1 Å². The Kier molecular flexibility index (Phi) is 13.2. The Morgan fingerprint density at radius 2 is 1.40 bits per heavy atom. The molecule has 1 heterocycles. The van der Waals surface area contributed by atoms with Crippen LogP contribution in [0, 0.1) is 5.92 Å². The number of amides is 2. The number of halogens is 12. The number of para-hydroxylation sites is 1. The fraction of sp³-hybridized carbons (Fsp3) is 0.366. The summed E-state index contributed by atoms with van der Waals surface area (Å²) in [7, 11) is 1.68. The summed E-state index contributed by atoms with van der Waals surface area (Å²) in [5, 5.41) is 12.4. The first-order valence-electron chi connectivity index (χ1n) is 18.1. The van der Waals surface area contributed by atoms with Crippen LogP contribution in [-0.4, -0.2) is 65.6 Å². The predicted molar refractivity (Wildman–Crippen MR) is 195 cm³/mol. The van der Waals surface area contributed by atoms with Crippen LogP contribution in [0.4, 0.5) is 58.4 Å². The van der Waals surface area contributed by atoms with E-state index in [4.69, 9.17) is 4.74 Å². The van der Waals surface area contributed by atoms with Crippen LogP contribution in [0.5, 0.6) is 5.75 Å². The van der Waals surface area contributed by atoms with Crippen molar-refractivity contribution in [3.05, 3.63) is 118 Å². The quantitative estimate of drug-likeness (QED) is 0.155. The number of carbonyl (C=O) groups is 2. The molecular formula is C41H37F12N3O4. The van der Waals surface area contributed by atoms with Crippen molar-refractivity contribution < 1.29 is 72.1 Å². The average Bonchev–Trinajstić information content (AvgIpc) is 3.14. The van der Waals surface area contributed by atoms with E-state index in [1.54, 1.807) is 25.8 Å². The molecule has 5 rings (SSSR count). The minimum absolute atomic E-state index is 0.0159.